The first kappa shape index (κ1) is 14.5. The highest BCUT2D eigenvalue weighted by atomic mass is 32.2. The van der Waals surface area contributed by atoms with Crippen molar-refractivity contribution in [1.82, 2.24) is 15.0 Å². The average molecular weight is 312 g/mol. The van der Waals surface area contributed by atoms with Crippen molar-refractivity contribution >= 4 is 28.8 Å². The molecule has 0 saturated heterocycles. The lowest BCUT2D eigenvalue weighted by Gasteiger charge is -2.08. The van der Waals surface area contributed by atoms with Gasteiger partial charge in [-0.3, -0.25) is 0 Å². The van der Waals surface area contributed by atoms with Crippen LogP contribution in [0.4, 0.5) is 4.79 Å². The van der Waals surface area contributed by atoms with Crippen molar-refractivity contribution < 1.29 is 4.79 Å². The van der Waals surface area contributed by atoms with Gasteiger partial charge in [0.15, 0.2) is 0 Å². The van der Waals surface area contributed by atoms with Crippen LogP contribution in [0.15, 0.2) is 65.8 Å². The summed E-state index contributed by atoms with van der Waals surface area (Å²) >= 11 is 1.71. The van der Waals surface area contributed by atoms with Gasteiger partial charge >= 0.3 is 6.03 Å². The number of nitrogens with zero attached hydrogens (tertiary/aromatic N) is 2. The summed E-state index contributed by atoms with van der Waals surface area (Å²) in [6.07, 6.45) is 1.60. The van der Waals surface area contributed by atoms with Gasteiger partial charge in [0.05, 0.1) is 11.0 Å². The van der Waals surface area contributed by atoms with Crippen molar-refractivity contribution in [3.63, 3.8) is 0 Å². The van der Waals surface area contributed by atoms with Crippen LogP contribution in [0.3, 0.4) is 0 Å². The van der Waals surface area contributed by atoms with Crippen LogP contribution >= 0.6 is 11.8 Å². The topological polar surface area (TPSA) is 59.0 Å². The summed E-state index contributed by atoms with van der Waals surface area (Å²) in [5.74, 6) is 0.822. The number of urea groups is 1. The zero-order valence-corrected chi connectivity index (χ0v) is 12.7. The van der Waals surface area contributed by atoms with E-state index in [0.717, 1.165) is 16.8 Å². The van der Waals surface area contributed by atoms with Crippen LogP contribution in [0.2, 0.25) is 0 Å². The molecule has 2 aromatic carbocycles. The van der Waals surface area contributed by atoms with E-state index >= 15 is 0 Å². The molecule has 2 amide bonds. The SMILES string of the molecule is O=C(NCCSc1ccccc1)Nn1cnc2ccccc21. The lowest BCUT2D eigenvalue weighted by Crippen LogP contribution is -2.35. The van der Waals surface area contributed by atoms with Crippen LogP contribution in [-0.4, -0.2) is 28.0 Å². The van der Waals surface area contributed by atoms with Gasteiger partial charge in [0.2, 0.25) is 0 Å². The third-order valence-corrected chi connectivity index (χ3v) is 4.09. The maximum atomic E-state index is 11.9. The molecule has 0 saturated carbocycles. The van der Waals surface area contributed by atoms with E-state index in [0.29, 0.717) is 6.54 Å². The highest BCUT2D eigenvalue weighted by Gasteiger charge is 2.04. The number of hydrogen-bond acceptors (Lipinski definition) is 3. The molecule has 0 aliphatic heterocycles. The third kappa shape index (κ3) is 3.59. The number of hydrogen-bond donors (Lipinski definition) is 2. The van der Waals surface area contributed by atoms with Crippen molar-refractivity contribution in [3.8, 4) is 0 Å². The molecular formula is C16H16N4OS. The summed E-state index contributed by atoms with van der Waals surface area (Å²) in [7, 11) is 0. The van der Waals surface area contributed by atoms with E-state index in [1.165, 1.54) is 4.90 Å². The van der Waals surface area contributed by atoms with E-state index in [-0.39, 0.29) is 6.03 Å². The number of rotatable bonds is 5. The molecule has 1 heterocycles. The van der Waals surface area contributed by atoms with E-state index in [1.807, 2.05) is 42.5 Å². The second kappa shape index (κ2) is 7.00. The van der Waals surface area contributed by atoms with Gasteiger partial charge in [-0.25, -0.2) is 19.9 Å². The fourth-order valence-corrected chi connectivity index (χ4v) is 2.84. The summed E-state index contributed by atoms with van der Waals surface area (Å²) in [6, 6.07) is 17.5. The summed E-state index contributed by atoms with van der Waals surface area (Å²) in [5.41, 5.74) is 4.48. The van der Waals surface area contributed by atoms with Crippen LogP contribution in [-0.2, 0) is 0 Å². The standard InChI is InChI=1S/C16H16N4OS/c21-16(17-10-11-22-13-6-2-1-3-7-13)19-20-12-18-14-8-4-5-9-15(14)20/h1-9,12H,10-11H2,(H2,17,19,21). The molecule has 1 aromatic heterocycles. The summed E-state index contributed by atoms with van der Waals surface area (Å²) < 4.78 is 1.62. The summed E-state index contributed by atoms with van der Waals surface area (Å²) in [6.45, 7) is 0.595. The van der Waals surface area contributed by atoms with Crippen molar-refractivity contribution in [2.45, 2.75) is 4.90 Å². The Labute approximate surface area is 132 Å². The van der Waals surface area contributed by atoms with Crippen LogP contribution in [0.5, 0.6) is 0 Å². The number of amides is 2. The zero-order chi connectivity index (χ0) is 15.2. The number of thioether (sulfide) groups is 1. The van der Waals surface area contributed by atoms with E-state index < -0.39 is 0 Å². The van der Waals surface area contributed by atoms with Crippen LogP contribution in [0.1, 0.15) is 0 Å². The van der Waals surface area contributed by atoms with Crippen LogP contribution < -0.4 is 10.7 Å². The number of carbonyl (C=O) groups excluding carboxylic acids is 1. The highest BCUT2D eigenvalue weighted by molar-refractivity contribution is 7.99. The molecule has 0 bridgehead atoms. The Bertz CT molecular complexity index is 757. The Morgan fingerprint density at radius 1 is 1.09 bits per heavy atom. The smallest absolute Gasteiger partial charge is 0.333 e. The molecule has 0 radical (unpaired) electrons. The quantitative estimate of drug-likeness (QED) is 0.562. The van der Waals surface area contributed by atoms with Crippen molar-refractivity contribution in [3.05, 3.63) is 60.9 Å². The Kier molecular flexibility index (Phi) is 4.60. The fourth-order valence-electron chi connectivity index (χ4n) is 2.05. The summed E-state index contributed by atoms with van der Waals surface area (Å²) in [5, 5.41) is 2.84. The third-order valence-electron chi connectivity index (χ3n) is 3.08. The van der Waals surface area contributed by atoms with Gasteiger partial charge in [-0.2, -0.15) is 0 Å². The number of nitrogens with one attached hydrogen (secondary N) is 2. The monoisotopic (exact) mass is 312 g/mol. The molecule has 0 atom stereocenters. The maximum Gasteiger partial charge on any atom is 0.333 e. The first-order chi connectivity index (χ1) is 10.8. The average Bonchev–Trinajstić information content (AvgIpc) is 2.96. The number of aromatic nitrogens is 2. The van der Waals surface area contributed by atoms with E-state index in [4.69, 9.17) is 0 Å². The first-order valence-corrected chi connectivity index (χ1v) is 7.96. The Morgan fingerprint density at radius 2 is 1.86 bits per heavy atom. The Balaban J connectivity index is 1.47. The van der Waals surface area contributed by atoms with Gasteiger partial charge in [0.25, 0.3) is 0 Å². The molecule has 0 aliphatic rings. The van der Waals surface area contributed by atoms with Crippen molar-refractivity contribution in [2.75, 3.05) is 17.7 Å². The largest absolute Gasteiger partial charge is 0.336 e. The molecule has 3 aromatic rings. The number of para-hydroxylation sites is 2. The van der Waals surface area contributed by atoms with Gasteiger partial charge < -0.3 is 5.32 Å². The number of benzene rings is 2. The predicted octanol–water partition coefficient (Wildman–Crippen LogP) is 3.08. The molecule has 3 rings (SSSR count). The summed E-state index contributed by atoms with van der Waals surface area (Å²) in [4.78, 5) is 17.3. The van der Waals surface area contributed by atoms with Crippen molar-refractivity contribution in [2.24, 2.45) is 0 Å². The minimum atomic E-state index is -0.239. The molecule has 22 heavy (non-hydrogen) atoms. The van der Waals surface area contributed by atoms with Gasteiger partial charge in [-0.15, -0.1) is 11.8 Å². The fraction of sp³-hybridized carbons (Fsp3) is 0.125. The first-order valence-electron chi connectivity index (χ1n) is 6.98. The Morgan fingerprint density at radius 3 is 2.73 bits per heavy atom. The molecule has 0 aliphatic carbocycles. The minimum Gasteiger partial charge on any atom is -0.336 e. The molecule has 0 spiro atoms. The van der Waals surface area contributed by atoms with Gasteiger partial charge in [0, 0.05) is 17.2 Å². The lowest BCUT2D eigenvalue weighted by molar-refractivity contribution is 0.250. The lowest BCUT2D eigenvalue weighted by atomic mass is 10.3. The molecule has 5 nitrogen and oxygen atoms in total. The second-order valence-corrected chi connectivity index (χ2v) is 5.80. The van der Waals surface area contributed by atoms with Gasteiger partial charge in [0.1, 0.15) is 6.33 Å². The predicted molar refractivity (Wildman–Crippen MR) is 89.7 cm³/mol. The normalized spacial score (nSPS) is 10.5. The van der Waals surface area contributed by atoms with Gasteiger partial charge in [-0.05, 0) is 24.3 Å². The van der Waals surface area contributed by atoms with E-state index in [9.17, 15) is 4.79 Å². The van der Waals surface area contributed by atoms with Crippen molar-refractivity contribution in [1.29, 1.82) is 0 Å². The van der Waals surface area contributed by atoms with E-state index in [1.54, 1.807) is 22.8 Å². The molecular weight excluding hydrogens is 296 g/mol. The number of carbonyl (C=O) groups is 1. The second-order valence-electron chi connectivity index (χ2n) is 4.63. The Hall–Kier alpha value is -2.47. The maximum absolute atomic E-state index is 11.9. The zero-order valence-electron chi connectivity index (χ0n) is 11.9. The molecule has 112 valence electrons. The van der Waals surface area contributed by atoms with Gasteiger partial charge in [-0.1, -0.05) is 30.3 Å². The minimum absolute atomic E-state index is 0.239. The molecule has 0 unspecified atom stereocenters. The molecule has 2 N–H and O–H groups in total. The highest BCUT2D eigenvalue weighted by Crippen LogP contribution is 2.15. The molecule has 6 heteroatoms. The van der Waals surface area contributed by atoms with E-state index in [2.05, 4.69) is 27.9 Å². The number of imidazole rings is 1. The molecule has 0 fully saturated rings. The van der Waals surface area contributed by atoms with Crippen LogP contribution in [0.25, 0.3) is 11.0 Å². The number of fused-ring (bicyclic) bond motifs is 1. The van der Waals surface area contributed by atoms with Crippen LogP contribution in [0, 0.1) is 0 Å².